The Morgan fingerprint density at radius 1 is 0.923 bits per heavy atom. The highest BCUT2D eigenvalue weighted by Gasteiger charge is 2.18. The molecule has 0 bridgehead atoms. The zero-order valence-corrected chi connectivity index (χ0v) is 15.9. The first kappa shape index (κ1) is 21.5. The Kier molecular flexibility index (Phi) is 11.1. The molecule has 2 N–H and O–H groups in total. The van der Waals surface area contributed by atoms with Crippen LogP contribution in [0.2, 0.25) is 0 Å². The number of piperazine rings is 2. The van der Waals surface area contributed by atoms with Gasteiger partial charge >= 0.3 is 0 Å². The van der Waals surface area contributed by atoms with Gasteiger partial charge in [-0.15, -0.1) is 0 Å². The smallest absolute Gasteiger partial charge is 0.0866 e. The van der Waals surface area contributed by atoms with Crippen LogP contribution in [0.3, 0.4) is 0 Å². The monoisotopic (exact) mass is 369 g/mol. The number of ether oxygens (including phenoxy) is 2. The van der Waals surface area contributed by atoms with Gasteiger partial charge in [0.1, 0.15) is 0 Å². The summed E-state index contributed by atoms with van der Waals surface area (Å²) in [5, 5.41) is 21.6. The molecule has 8 heteroatoms. The van der Waals surface area contributed by atoms with E-state index in [1.807, 2.05) is 0 Å². The molecule has 2 aliphatic rings. The number of aliphatic hydroxyl groups excluding tert-OH is 1. The van der Waals surface area contributed by atoms with Crippen LogP contribution in [0.1, 0.15) is 6.42 Å². The second-order valence-corrected chi connectivity index (χ2v) is 6.94. The average Bonchev–Trinajstić information content (AvgIpc) is 2.69. The van der Waals surface area contributed by atoms with Crippen molar-refractivity contribution in [3.63, 3.8) is 0 Å². The number of nitriles is 1. The molecule has 26 heavy (non-hydrogen) atoms. The lowest BCUT2D eigenvalue weighted by Crippen LogP contribution is -2.47. The van der Waals surface area contributed by atoms with Crippen molar-refractivity contribution in [2.24, 2.45) is 0 Å². The Bertz CT molecular complexity index is 393. The van der Waals surface area contributed by atoms with Crippen LogP contribution in [0.4, 0.5) is 0 Å². The Hall–Kier alpha value is -0.790. The average molecular weight is 370 g/mol. The van der Waals surface area contributed by atoms with Gasteiger partial charge in [0.25, 0.3) is 0 Å². The molecule has 0 amide bonds. The highest BCUT2D eigenvalue weighted by Crippen LogP contribution is 2.05. The Morgan fingerprint density at radius 3 is 2.31 bits per heavy atom. The van der Waals surface area contributed by atoms with Gasteiger partial charge < -0.3 is 24.8 Å². The van der Waals surface area contributed by atoms with Crippen LogP contribution < -0.4 is 5.32 Å². The summed E-state index contributed by atoms with van der Waals surface area (Å²) in [6, 6.07) is 2.20. The maximum atomic E-state index is 9.50. The fraction of sp³-hybridized carbons (Fsp3) is 0.944. The van der Waals surface area contributed by atoms with Gasteiger partial charge in [-0.1, -0.05) is 0 Å². The van der Waals surface area contributed by atoms with Gasteiger partial charge in [0, 0.05) is 65.4 Å². The van der Waals surface area contributed by atoms with Gasteiger partial charge in [0.15, 0.2) is 0 Å². The molecule has 2 rings (SSSR count). The molecule has 0 saturated carbocycles. The largest absolute Gasteiger partial charge is 0.394 e. The standard InChI is InChI=1S/C18H35N5O3/c19-2-6-22-11-9-21(10-12-22)5-1-18(17-24)26-16-15-25-14-13-23-7-3-20-4-8-23/h18,20,24H,1,3-17H2. The van der Waals surface area contributed by atoms with Crippen molar-refractivity contribution in [2.75, 3.05) is 98.4 Å². The first-order chi connectivity index (χ1) is 12.8. The van der Waals surface area contributed by atoms with E-state index in [2.05, 4.69) is 26.1 Å². The summed E-state index contributed by atoms with van der Waals surface area (Å²) in [6.07, 6.45) is 0.708. The van der Waals surface area contributed by atoms with Gasteiger partial charge in [-0.05, 0) is 6.42 Å². The number of aliphatic hydroxyl groups is 1. The van der Waals surface area contributed by atoms with Crippen molar-refractivity contribution in [2.45, 2.75) is 12.5 Å². The maximum Gasteiger partial charge on any atom is 0.0866 e. The van der Waals surface area contributed by atoms with Crippen molar-refractivity contribution < 1.29 is 14.6 Å². The Morgan fingerprint density at radius 2 is 1.62 bits per heavy atom. The van der Waals surface area contributed by atoms with Crippen LogP contribution in [-0.2, 0) is 9.47 Å². The molecule has 2 saturated heterocycles. The molecule has 2 heterocycles. The van der Waals surface area contributed by atoms with Gasteiger partial charge in [-0.25, -0.2) is 0 Å². The molecule has 0 aromatic carbocycles. The molecule has 0 spiro atoms. The normalized spacial score (nSPS) is 21.5. The highest BCUT2D eigenvalue weighted by molar-refractivity contribution is 4.81. The molecule has 2 fully saturated rings. The van der Waals surface area contributed by atoms with Crippen molar-refractivity contribution in [3.05, 3.63) is 0 Å². The van der Waals surface area contributed by atoms with Crippen LogP contribution in [0.5, 0.6) is 0 Å². The number of rotatable bonds is 12. The lowest BCUT2D eigenvalue weighted by Gasteiger charge is -2.33. The molecule has 1 atom stereocenters. The van der Waals surface area contributed by atoms with Gasteiger partial charge in [-0.2, -0.15) is 5.26 Å². The minimum absolute atomic E-state index is 0.0508. The molecule has 0 aromatic rings. The van der Waals surface area contributed by atoms with E-state index < -0.39 is 0 Å². The predicted molar refractivity (Wildman–Crippen MR) is 100 cm³/mol. The maximum absolute atomic E-state index is 9.50. The van der Waals surface area contributed by atoms with E-state index in [9.17, 15) is 5.11 Å². The lowest BCUT2D eigenvalue weighted by molar-refractivity contribution is -0.0294. The van der Waals surface area contributed by atoms with Crippen molar-refractivity contribution >= 4 is 0 Å². The van der Waals surface area contributed by atoms with E-state index in [0.29, 0.717) is 19.8 Å². The lowest BCUT2D eigenvalue weighted by atomic mass is 10.2. The zero-order valence-electron chi connectivity index (χ0n) is 15.9. The summed E-state index contributed by atoms with van der Waals surface area (Å²) in [5.41, 5.74) is 0. The van der Waals surface area contributed by atoms with E-state index in [0.717, 1.165) is 78.5 Å². The molecule has 0 radical (unpaired) electrons. The quantitative estimate of drug-likeness (QED) is 0.328. The summed E-state index contributed by atoms with van der Waals surface area (Å²) < 4.78 is 11.4. The molecule has 0 aliphatic carbocycles. The molecule has 150 valence electrons. The van der Waals surface area contributed by atoms with E-state index in [1.54, 1.807) is 0 Å². The first-order valence-electron chi connectivity index (χ1n) is 9.86. The summed E-state index contributed by atoms with van der Waals surface area (Å²) in [6.45, 7) is 12.5. The van der Waals surface area contributed by atoms with E-state index >= 15 is 0 Å². The molecular formula is C18H35N5O3. The second-order valence-electron chi connectivity index (χ2n) is 6.94. The SMILES string of the molecule is N#CCN1CCN(CCC(CO)OCCOCCN2CCNCC2)CC1. The number of nitrogens with one attached hydrogen (secondary N) is 1. The molecule has 8 nitrogen and oxygen atoms in total. The molecule has 2 aliphatic heterocycles. The fourth-order valence-electron chi connectivity index (χ4n) is 3.33. The van der Waals surface area contributed by atoms with Crippen LogP contribution in [0.15, 0.2) is 0 Å². The predicted octanol–water partition coefficient (Wildman–Crippen LogP) is -1.18. The van der Waals surface area contributed by atoms with Gasteiger partial charge in [0.05, 0.1) is 45.1 Å². The van der Waals surface area contributed by atoms with Crippen molar-refractivity contribution in [1.82, 2.24) is 20.0 Å². The highest BCUT2D eigenvalue weighted by atomic mass is 16.5. The fourth-order valence-corrected chi connectivity index (χ4v) is 3.33. The first-order valence-corrected chi connectivity index (χ1v) is 9.86. The molecule has 1 unspecified atom stereocenters. The number of hydrogen-bond donors (Lipinski definition) is 2. The molecular weight excluding hydrogens is 334 g/mol. The minimum Gasteiger partial charge on any atom is -0.394 e. The van der Waals surface area contributed by atoms with E-state index in [4.69, 9.17) is 14.7 Å². The zero-order chi connectivity index (χ0) is 18.5. The molecule has 0 aromatic heterocycles. The van der Waals surface area contributed by atoms with Gasteiger partial charge in [0.2, 0.25) is 0 Å². The third kappa shape index (κ3) is 8.73. The van der Waals surface area contributed by atoms with Crippen LogP contribution in [0.25, 0.3) is 0 Å². The Labute approximate surface area is 157 Å². The summed E-state index contributed by atoms with van der Waals surface area (Å²) >= 11 is 0. The third-order valence-electron chi connectivity index (χ3n) is 5.07. The van der Waals surface area contributed by atoms with Crippen molar-refractivity contribution in [3.8, 4) is 6.07 Å². The second kappa shape index (κ2) is 13.4. The number of nitrogens with zero attached hydrogens (tertiary/aromatic N) is 4. The Balaban J connectivity index is 1.45. The van der Waals surface area contributed by atoms with E-state index in [-0.39, 0.29) is 12.7 Å². The van der Waals surface area contributed by atoms with Crippen molar-refractivity contribution in [1.29, 1.82) is 5.26 Å². The van der Waals surface area contributed by atoms with Crippen LogP contribution in [-0.4, -0.2) is 124 Å². The summed E-state index contributed by atoms with van der Waals surface area (Å²) in [7, 11) is 0. The third-order valence-corrected chi connectivity index (χ3v) is 5.07. The summed E-state index contributed by atoms with van der Waals surface area (Å²) in [4.78, 5) is 6.96. The topological polar surface area (TPSA) is 84.2 Å². The minimum atomic E-state index is -0.121. The summed E-state index contributed by atoms with van der Waals surface area (Å²) in [5.74, 6) is 0. The van der Waals surface area contributed by atoms with Crippen LogP contribution in [0, 0.1) is 11.3 Å². The number of hydrogen-bond acceptors (Lipinski definition) is 8. The van der Waals surface area contributed by atoms with Crippen LogP contribution >= 0.6 is 0 Å². The van der Waals surface area contributed by atoms with Gasteiger partial charge in [-0.3, -0.25) is 9.80 Å². The van der Waals surface area contributed by atoms with E-state index in [1.165, 1.54) is 0 Å².